The lowest BCUT2D eigenvalue weighted by atomic mass is 9.91. The number of aromatic nitrogens is 2. The van der Waals surface area contributed by atoms with Crippen molar-refractivity contribution in [1.29, 1.82) is 0 Å². The second-order valence-corrected chi connectivity index (χ2v) is 8.98. The number of benzene rings is 2. The van der Waals surface area contributed by atoms with Crippen molar-refractivity contribution in [2.45, 2.75) is 31.3 Å². The molecule has 3 heterocycles. The molecule has 2 aliphatic heterocycles. The zero-order valence-corrected chi connectivity index (χ0v) is 18.9. The van der Waals surface area contributed by atoms with E-state index in [0.29, 0.717) is 17.0 Å². The number of rotatable bonds is 6. The first-order chi connectivity index (χ1) is 16.6. The van der Waals surface area contributed by atoms with Crippen LogP contribution in [-0.4, -0.2) is 48.2 Å². The van der Waals surface area contributed by atoms with Gasteiger partial charge in [0.15, 0.2) is 0 Å². The summed E-state index contributed by atoms with van der Waals surface area (Å²) in [4.78, 5) is 22.3. The molecule has 2 atom stereocenters. The fraction of sp³-hybridized carbons (Fsp3) is 0.400. The first kappa shape index (κ1) is 22.5. The molecule has 5 N–H and O–H groups in total. The summed E-state index contributed by atoms with van der Waals surface area (Å²) >= 11 is 0. The van der Waals surface area contributed by atoms with E-state index in [1.165, 1.54) is 6.07 Å². The molecule has 0 bridgehead atoms. The number of nitrogens with one attached hydrogen (secondary N) is 3. The van der Waals surface area contributed by atoms with Crippen LogP contribution in [0.1, 0.15) is 41.2 Å². The molecule has 9 heteroatoms. The van der Waals surface area contributed by atoms with Gasteiger partial charge < -0.3 is 26.4 Å². The molecular formula is C25H29FN6O2. The van der Waals surface area contributed by atoms with Gasteiger partial charge in [0.25, 0.3) is 5.91 Å². The third-order valence-electron chi connectivity index (χ3n) is 6.64. The van der Waals surface area contributed by atoms with Gasteiger partial charge in [-0.2, -0.15) is 0 Å². The molecule has 34 heavy (non-hydrogen) atoms. The quantitative estimate of drug-likeness (QED) is 0.415. The molecule has 2 aliphatic rings. The number of nitrogens with two attached hydrogens (primary N) is 1. The number of halogens is 1. The van der Waals surface area contributed by atoms with E-state index >= 15 is 0 Å². The highest BCUT2D eigenvalue weighted by molar-refractivity contribution is 5.98. The van der Waals surface area contributed by atoms with E-state index < -0.39 is 5.82 Å². The smallest absolute Gasteiger partial charge is 0.251 e. The first-order valence-electron chi connectivity index (χ1n) is 11.7. The second-order valence-electron chi connectivity index (χ2n) is 8.98. The van der Waals surface area contributed by atoms with Gasteiger partial charge >= 0.3 is 0 Å². The fourth-order valence-electron chi connectivity index (χ4n) is 4.67. The molecule has 0 radical (unpaired) electrons. The number of fused-ring (bicyclic) bond motifs is 1. The van der Waals surface area contributed by atoms with E-state index in [1.54, 1.807) is 30.5 Å². The predicted molar refractivity (Wildman–Crippen MR) is 129 cm³/mol. The Labute approximate surface area is 197 Å². The van der Waals surface area contributed by atoms with Crippen molar-refractivity contribution in [3.8, 4) is 0 Å². The molecule has 5 rings (SSSR count). The van der Waals surface area contributed by atoms with Gasteiger partial charge in [-0.1, -0.05) is 12.1 Å². The molecule has 1 aromatic heterocycles. The summed E-state index contributed by atoms with van der Waals surface area (Å²) in [6.07, 6.45) is 4.50. The molecular weight excluding hydrogens is 435 g/mol. The molecule has 1 amide bonds. The minimum absolute atomic E-state index is 0.0784. The van der Waals surface area contributed by atoms with Crippen LogP contribution in [0.3, 0.4) is 0 Å². The van der Waals surface area contributed by atoms with Gasteiger partial charge in [-0.25, -0.2) is 14.4 Å². The topological polar surface area (TPSA) is 114 Å². The van der Waals surface area contributed by atoms with Crippen LogP contribution in [0, 0.1) is 11.7 Å². The minimum Gasteiger partial charge on any atom is -0.396 e. The molecule has 178 valence electrons. The third-order valence-corrected chi connectivity index (χ3v) is 6.64. The van der Waals surface area contributed by atoms with E-state index in [9.17, 15) is 9.18 Å². The summed E-state index contributed by atoms with van der Waals surface area (Å²) in [6, 6.07) is 10.1. The number of anilines is 2. The summed E-state index contributed by atoms with van der Waals surface area (Å²) in [5, 5.41) is 10.7. The van der Waals surface area contributed by atoms with Crippen molar-refractivity contribution in [1.82, 2.24) is 20.6 Å². The molecule has 0 saturated carbocycles. The Morgan fingerprint density at radius 2 is 2.03 bits per heavy atom. The average Bonchev–Trinajstić information content (AvgIpc) is 3.39. The van der Waals surface area contributed by atoms with Gasteiger partial charge in [-0.05, 0) is 61.6 Å². The van der Waals surface area contributed by atoms with E-state index in [4.69, 9.17) is 10.5 Å². The SMILES string of the molecule is Nc1cc(C(NC(=O)c2ccc3cnc(NC4CCOCC4)nc3c2)C2CCNC2)ccc1F. The zero-order chi connectivity index (χ0) is 23.5. The second kappa shape index (κ2) is 9.90. The van der Waals surface area contributed by atoms with E-state index in [-0.39, 0.29) is 29.6 Å². The lowest BCUT2D eigenvalue weighted by Crippen LogP contribution is -2.34. The highest BCUT2D eigenvalue weighted by Crippen LogP contribution is 2.29. The van der Waals surface area contributed by atoms with Crippen molar-refractivity contribution in [3.63, 3.8) is 0 Å². The van der Waals surface area contributed by atoms with Gasteiger partial charge in [0.05, 0.1) is 17.2 Å². The Hall–Kier alpha value is -3.30. The first-order valence-corrected chi connectivity index (χ1v) is 11.7. The van der Waals surface area contributed by atoms with Crippen LogP contribution in [-0.2, 0) is 4.74 Å². The summed E-state index contributed by atoms with van der Waals surface area (Å²) < 4.78 is 19.2. The van der Waals surface area contributed by atoms with Crippen LogP contribution in [0.25, 0.3) is 10.9 Å². The summed E-state index contributed by atoms with van der Waals surface area (Å²) in [5.41, 5.74) is 7.89. The molecule has 0 aliphatic carbocycles. The average molecular weight is 465 g/mol. The van der Waals surface area contributed by atoms with Crippen molar-refractivity contribution < 1.29 is 13.9 Å². The molecule has 0 spiro atoms. The zero-order valence-electron chi connectivity index (χ0n) is 18.9. The molecule has 8 nitrogen and oxygen atoms in total. The van der Waals surface area contributed by atoms with Crippen LogP contribution in [0.5, 0.6) is 0 Å². The van der Waals surface area contributed by atoms with E-state index in [2.05, 4.69) is 25.9 Å². The van der Waals surface area contributed by atoms with Crippen LogP contribution >= 0.6 is 0 Å². The highest BCUT2D eigenvalue weighted by atomic mass is 19.1. The number of hydrogen-bond acceptors (Lipinski definition) is 7. The molecule has 3 aromatic rings. The van der Waals surface area contributed by atoms with Gasteiger partial charge in [-0.3, -0.25) is 4.79 Å². The molecule has 2 fully saturated rings. The maximum Gasteiger partial charge on any atom is 0.251 e. The van der Waals surface area contributed by atoms with Crippen LogP contribution in [0.4, 0.5) is 16.0 Å². The maximum absolute atomic E-state index is 13.7. The van der Waals surface area contributed by atoms with Crippen molar-refractivity contribution in [2.24, 2.45) is 5.92 Å². The van der Waals surface area contributed by atoms with E-state index in [1.807, 2.05) is 6.07 Å². The van der Waals surface area contributed by atoms with Gasteiger partial charge in [0.1, 0.15) is 5.82 Å². The lowest BCUT2D eigenvalue weighted by molar-refractivity contribution is 0.0902. The molecule has 2 unspecified atom stereocenters. The Morgan fingerprint density at radius 3 is 2.79 bits per heavy atom. The van der Waals surface area contributed by atoms with Gasteiger partial charge in [0, 0.05) is 42.9 Å². The third kappa shape index (κ3) is 4.95. The number of nitrogens with zero attached hydrogens (tertiary/aromatic N) is 2. The monoisotopic (exact) mass is 464 g/mol. The summed E-state index contributed by atoms with van der Waals surface area (Å²) in [6.45, 7) is 3.11. The van der Waals surface area contributed by atoms with Crippen molar-refractivity contribution in [3.05, 3.63) is 59.5 Å². The standard InChI is InChI=1S/C25H29FN6O2/c26-20-4-3-15(11-21(20)27)23(18-5-8-28-13-18)32-24(33)16-1-2-17-14-29-25(31-22(17)12-16)30-19-6-9-34-10-7-19/h1-4,11-12,14,18-19,23,28H,5-10,13,27H2,(H,32,33)(H,29,30,31). The molecule has 2 aromatic carbocycles. The van der Waals surface area contributed by atoms with Crippen molar-refractivity contribution >= 4 is 28.4 Å². The van der Waals surface area contributed by atoms with Crippen LogP contribution < -0.4 is 21.7 Å². The Balaban J connectivity index is 1.37. The predicted octanol–water partition coefficient (Wildman–Crippen LogP) is 3.02. The number of carbonyl (C=O) groups excluding carboxylic acids is 1. The number of amides is 1. The molecule has 2 saturated heterocycles. The summed E-state index contributed by atoms with van der Waals surface area (Å²) in [5.74, 6) is 0.0671. The lowest BCUT2D eigenvalue weighted by Gasteiger charge is -2.25. The number of hydrogen-bond donors (Lipinski definition) is 4. The Morgan fingerprint density at radius 1 is 1.18 bits per heavy atom. The van der Waals surface area contributed by atoms with Crippen molar-refractivity contribution in [2.75, 3.05) is 37.4 Å². The minimum atomic E-state index is -0.460. The largest absolute Gasteiger partial charge is 0.396 e. The Bertz CT molecular complexity index is 1180. The van der Waals surface area contributed by atoms with Crippen LogP contribution in [0.15, 0.2) is 42.6 Å². The van der Waals surface area contributed by atoms with Crippen LogP contribution in [0.2, 0.25) is 0 Å². The normalized spacial score (nSPS) is 19.7. The Kier molecular flexibility index (Phi) is 6.55. The number of ether oxygens (including phenoxy) is 1. The number of nitrogen functional groups attached to an aromatic ring is 1. The van der Waals surface area contributed by atoms with Gasteiger partial charge in [0.2, 0.25) is 5.95 Å². The number of carbonyl (C=O) groups is 1. The van der Waals surface area contributed by atoms with Gasteiger partial charge in [-0.15, -0.1) is 0 Å². The fourth-order valence-corrected chi connectivity index (χ4v) is 4.67. The van der Waals surface area contributed by atoms with E-state index in [0.717, 1.165) is 56.5 Å². The highest BCUT2D eigenvalue weighted by Gasteiger charge is 2.28. The summed E-state index contributed by atoms with van der Waals surface area (Å²) in [7, 11) is 0. The maximum atomic E-state index is 13.7.